The zero-order chi connectivity index (χ0) is 22.7. The summed E-state index contributed by atoms with van der Waals surface area (Å²) in [4.78, 5) is 32.9. The van der Waals surface area contributed by atoms with Crippen LogP contribution in [0.25, 0.3) is 16.9 Å². The largest absolute Gasteiger partial charge is 0.382 e. The second-order valence-corrected chi connectivity index (χ2v) is 8.54. The van der Waals surface area contributed by atoms with Gasteiger partial charge in [0.1, 0.15) is 23.8 Å². The number of pyridine rings is 2. The number of carbonyl (C=O) groups excluding carboxylic acids is 2. The third kappa shape index (κ3) is 4.47. The molecule has 3 heterocycles. The van der Waals surface area contributed by atoms with Crippen molar-refractivity contribution < 1.29 is 9.59 Å². The number of amides is 1. The molecule has 0 atom stereocenters. The van der Waals surface area contributed by atoms with E-state index >= 15 is 0 Å². The van der Waals surface area contributed by atoms with E-state index in [-0.39, 0.29) is 23.9 Å². The van der Waals surface area contributed by atoms with Crippen molar-refractivity contribution in [3.05, 3.63) is 47.9 Å². The lowest BCUT2D eigenvalue weighted by Crippen LogP contribution is -2.38. The molecule has 3 aromatic rings. The van der Waals surface area contributed by atoms with E-state index in [4.69, 9.17) is 5.26 Å². The summed E-state index contributed by atoms with van der Waals surface area (Å²) in [6.45, 7) is 4.02. The molecule has 0 saturated heterocycles. The molecule has 0 unspecified atom stereocenters. The Labute approximate surface area is 186 Å². The van der Waals surface area contributed by atoms with E-state index in [0.717, 1.165) is 37.4 Å². The number of nitrogens with one attached hydrogen (secondary N) is 2. The number of anilines is 1. The summed E-state index contributed by atoms with van der Waals surface area (Å²) in [6, 6.07) is 7.80. The van der Waals surface area contributed by atoms with E-state index in [1.54, 1.807) is 12.3 Å². The maximum absolute atomic E-state index is 13.0. The summed E-state index contributed by atoms with van der Waals surface area (Å²) in [5, 5.41) is 16.4. The molecule has 0 aromatic carbocycles. The molecule has 1 fully saturated rings. The first-order valence-electron chi connectivity index (χ1n) is 10.9. The molecule has 3 aromatic heterocycles. The first-order valence-corrected chi connectivity index (χ1v) is 10.9. The first kappa shape index (κ1) is 21.5. The van der Waals surface area contributed by atoms with Crippen LogP contribution >= 0.6 is 0 Å². The van der Waals surface area contributed by atoms with Crippen LogP contribution in [0.2, 0.25) is 0 Å². The number of carbonyl (C=O) groups is 2. The summed E-state index contributed by atoms with van der Waals surface area (Å²) in [7, 11) is 0. The van der Waals surface area contributed by atoms with Crippen molar-refractivity contribution in [2.45, 2.75) is 51.6 Å². The fourth-order valence-electron chi connectivity index (χ4n) is 4.12. The normalized spacial score (nSPS) is 18.3. The Morgan fingerprint density at radius 3 is 2.69 bits per heavy atom. The Kier molecular flexibility index (Phi) is 6.17. The van der Waals surface area contributed by atoms with Gasteiger partial charge in [-0.05, 0) is 51.7 Å². The highest BCUT2D eigenvalue weighted by Gasteiger charge is 2.24. The Balaban J connectivity index is 1.61. The van der Waals surface area contributed by atoms with Crippen molar-refractivity contribution in [3.63, 3.8) is 0 Å². The molecule has 8 heteroatoms. The van der Waals surface area contributed by atoms with Crippen molar-refractivity contribution in [1.82, 2.24) is 19.9 Å². The number of aromatic nitrogens is 3. The second-order valence-electron chi connectivity index (χ2n) is 8.54. The van der Waals surface area contributed by atoms with Gasteiger partial charge in [0, 0.05) is 48.0 Å². The van der Waals surface area contributed by atoms with Gasteiger partial charge in [0.05, 0.1) is 16.8 Å². The van der Waals surface area contributed by atoms with Crippen LogP contribution in [0.5, 0.6) is 0 Å². The number of nitriles is 1. The number of hydrogen-bond acceptors (Lipinski definition) is 6. The highest BCUT2D eigenvalue weighted by atomic mass is 16.1. The topological polar surface area (TPSA) is 113 Å². The monoisotopic (exact) mass is 430 g/mol. The van der Waals surface area contributed by atoms with Crippen molar-refractivity contribution in [1.29, 1.82) is 5.26 Å². The minimum Gasteiger partial charge on any atom is -0.382 e. The minimum absolute atomic E-state index is 0.0669. The summed E-state index contributed by atoms with van der Waals surface area (Å²) in [6.07, 6.45) is 9.22. The Morgan fingerprint density at radius 1 is 1.22 bits per heavy atom. The SMILES string of the molecule is CC(C)Nc1cc(-n2ccc3cc(C#N)cnc32)ncc1C(=O)N[C@H]1CC[C@H](C=O)CC1. The number of aldehydes is 1. The van der Waals surface area contributed by atoms with Gasteiger partial charge in [-0.1, -0.05) is 0 Å². The molecular weight excluding hydrogens is 404 g/mol. The molecule has 1 aliphatic carbocycles. The number of fused-ring (bicyclic) bond motifs is 1. The minimum atomic E-state index is -0.170. The molecule has 0 radical (unpaired) electrons. The number of rotatable bonds is 6. The van der Waals surface area contributed by atoms with Crippen molar-refractivity contribution in [2.75, 3.05) is 5.32 Å². The molecular formula is C24H26N6O2. The smallest absolute Gasteiger partial charge is 0.255 e. The van der Waals surface area contributed by atoms with Crippen LogP contribution in [-0.4, -0.2) is 38.8 Å². The van der Waals surface area contributed by atoms with E-state index in [1.807, 2.05) is 36.7 Å². The van der Waals surface area contributed by atoms with Gasteiger partial charge in [-0.15, -0.1) is 0 Å². The average molecular weight is 431 g/mol. The van der Waals surface area contributed by atoms with Crippen LogP contribution in [-0.2, 0) is 4.79 Å². The number of hydrogen-bond donors (Lipinski definition) is 2. The van der Waals surface area contributed by atoms with Crippen LogP contribution in [0, 0.1) is 17.2 Å². The predicted octanol–water partition coefficient (Wildman–Crippen LogP) is 3.60. The van der Waals surface area contributed by atoms with Gasteiger partial charge in [0.25, 0.3) is 5.91 Å². The third-order valence-electron chi connectivity index (χ3n) is 5.78. The van der Waals surface area contributed by atoms with Gasteiger partial charge >= 0.3 is 0 Å². The van der Waals surface area contributed by atoms with E-state index in [2.05, 4.69) is 26.7 Å². The van der Waals surface area contributed by atoms with Crippen LogP contribution in [0.1, 0.15) is 55.5 Å². The average Bonchev–Trinajstić information content (AvgIpc) is 3.22. The molecule has 1 amide bonds. The van der Waals surface area contributed by atoms with Crippen molar-refractivity contribution >= 4 is 28.9 Å². The van der Waals surface area contributed by atoms with E-state index in [0.29, 0.717) is 28.3 Å². The van der Waals surface area contributed by atoms with Crippen LogP contribution in [0.4, 0.5) is 5.69 Å². The van der Waals surface area contributed by atoms with Crippen LogP contribution in [0.3, 0.4) is 0 Å². The summed E-state index contributed by atoms with van der Waals surface area (Å²) >= 11 is 0. The second kappa shape index (κ2) is 9.18. The van der Waals surface area contributed by atoms with E-state index < -0.39 is 0 Å². The Hall–Kier alpha value is -3.73. The quantitative estimate of drug-likeness (QED) is 0.578. The fourth-order valence-corrected chi connectivity index (χ4v) is 4.12. The number of nitrogens with zero attached hydrogens (tertiary/aromatic N) is 4. The van der Waals surface area contributed by atoms with Crippen LogP contribution in [0.15, 0.2) is 36.8 Å². The lowest BCUT2D eigenvalue weighted by atomic mass is 9.87. The van der Waals surface area contributed by atoms with E-state index in [9.17, 15) is 9.59 Å². The molecule has 2 N–H and O–H groups in total. The summed E-state index contributed by atoms with van der Waals surface area (Å²) in [5.41, 5.74) is 2.37. The van der Waals surface area contributed by atoms with Crippen molar-refractivity contribution in [2.24, 2.45) is 5.92 Å². The molecule has 32 heavy (non-hydrogen) atoms. The van der Waals surface area contributed by atoms with Gasteiger partial charge in [0.15, 0.2) is 0 Å². The van der Waals surface area contributed by atoms with Crippen LogP contribution < -0.4 is 10.6 Å². The van der Waals surface area contributed by atoms with Gasteiger partial charge in [-0.3, -0.25) is 9.36 Å². The summed E-state index contributed by atoms with van der Waals surface area (Å²) in [5.74, 6) is 0.566. The Morgan fingerprint density at radius 2 is 2.00 bits per heavy atom. The Bertz CT molecular complexity index is 1180. The van der Waals surface area contributed by atoms with Gasteiger partial charge < -0.3 is 15.4 Å². The molecule has 1 aliphatic rings. The highest BCUT2D eigenvalue weighted by Crippen LogP contribution is 2.25. The molecule has 4 rings (SSSR count). The van der Waals surface area contributed by atoms with E-state index in [1.165, 1.54) is 6.20 Å². The molecule has 164 valence electrons. The van der Waals surface area contributed by atoms with Gasteiger partial charge in [-0.25, -0.2) is 9.97 Å². The van der Waals surface area contributed by atoms with Crippen molar-refractivity contribution in [3.8, 4) is 11.9 Å². The van der Waals surface area contributed by atoms with Gasteiger partial charge in [0.2, 0.25) is 0 Å². The third-order valence-corrected chi connectivity index (χ3v) is 5.78. The fraction of sp³-hybridized carbons (Fsp3) is 0.375. The standard InChI is InChI=1S/C24H26N6O2/c1-15(2)28-21-10-22(30-8-7-18-9-17(11-25)12-27-23(18)30)26-13-20(21)24(32)29-19-5-3-16(14-31)4-6-19/h7-10,12-16,19H,3-6H2,1-2H3,(H,26,28)(H,29,32)/t16-,19-. The molecule has 0 spiro atoms. The summed E-state index contributed by atoms with van der Waals surface area (Å²) < 4.78 is 1.84. The molecule has 0 aliphatic heterocycles. The highest BCUT2D eigenvalue weighted by molar-refractivity contribution is 5.99. The predicted molar refractivity (Wildman–Crippen MR) is 122 cm³/mol. The lowest BCUT2D eigenvalue weighted by Gasteiger charge is -2.26. The zero-order valence-electron chi connectivity index (χ0n) is 18.2. The maximum atomic E-state index is 13.0. The lowest BCUT2D eigenvalue weighted by molar-refractivity contribution is -0.111. The molecule has 0 bridgehead atoms. The first-order chi connectivity index (χ1) is 15.5. The zero-order valence-corrected chi connectivity index (χ0v) is 18.2. The maximum Gasteiger partial charge on any atom is 0.255 e. The molecule has 1 saturated carbocycles. The van der Waals surface area contributed by atoms with Gasteiger partial charge in [-0.2, -0.15) is 5.26 Å². The molecule has 8 nitrogen and oxygen atoms in total.